The van der Waals surface area contributed by atoms with E-state index in [4.69, 9.17) is 9.84 Å². The molecule has 0 bridgehead atoms. The van der Waals surface area contributed by atoms with Crippen LogP contribution in [-0.4, -0.2) is 11.1 Å². The number of carboxylic acid groups (broad SMARTS) is 1. The fraction of sp³-hybridized carbons (Fsp3) is 0.188. The van der Waals surface area contributed by atoms with Crippen LogP contribution in [0.5, 0.6) is 5.75 Å². The number of hydrogen-bond donors (Lipinski definition) is 1. The van der Waals surface area contributed by atoms with Gasteiger partial charge in [-0.3, -0.25) is 4.79 Å². The predicted molar refractivity (Wildman–Crippen MR) is 73.6 cm³/mol. The number of carboxylic acids is 1. The number of aliphatic carboxylic acids is 1. The summed E-state index contributed by atoms with van der Waals surface area (Å²) in [5.74, 6) is -0.550. The van der Waals surface area contributed by atoms with E-state index in [0.29, 0.717) is 16.9 Å². The number of alkyl halides is 3. The molecule has 0 saturated heterocycles. The van der Waals surface area contributed by atoms with Crippen molar-refractivity contribution in [2.75, 3.05) is 0 Å². The predicted octanol–water partition coefficient (Wildman–Crippen LogP) is 3.91. The summed E-state index contributed by atoms with van der Waals surface area (Å²) in [5, 5.41) is 8.73. The molecule has 0 radical (unpaired) electrons. The van der Waals surface area contributed by atoms with Crippen molar-refractivity contribution in [3.05, 3.63) is 65.2 Å². The van der Waals surface area contributed by atoms with Crippen molar-refractivity contribution >= 4 is 5.97 Å². The quantitative estimate of drug-likeness (QED) is 0.910. The second-order valence-corrected chi connectivity index (χ2v) is 4.70. The zero-order valence-electron chi connectivity index (χ0n) is 11.4. The zero-order chi connectivity index (χ0) is 16.2. The Hall–Kier alpha value is -2.50. The minimum atomic E-state index is -4.39. The van der Waals surface area contributed by atoms with Crippen LogP contribution in [-0.2, 0) is 24.0 Å². The highest BCUT2D eigenvalue weighted by molar-refractivity contribution is 5.70. The van der Waals surface area contributed by atoms with Crippen LogP contribution in [0, 0.1) is 0 Å². The van der Waals surface area contributed by atoms with Gasteiger partial charge in [-0.25, -0.2) is 0 Å². The van der Waals surface area contributed by atoms with Crippen molar-refractivity contribution in [2.24, 2.45) is 0 Å². The molecule has 116 valence electrons. The molecule has 6 heteroatoms. The van der Waals surface area contributed by atoms with Crippen molar-refractivity contribution in [1.82, 2.24) is 0 Å². The molecular weight excluding hydrogens is 297 g/mol. The molecule has 2 aromatic carbocycles. The second kappa shape index (κ2) is 6.51. The van der Waals surface area contributed by atoms with Gasteiger partial charge in [0.2, 0.25) is 0 Å². The van der Waals surface area contributed by atoms with Crippen molar-refractivity contribution in [3.63, 3.8) is 0 Å². The van der Waals surface area contributed by atoms with Crippen LogP contribution in [0.3, 0.4) is 0 Å². The maximum Gasteiger partial charge on any atom is 0.416 e. The van der Waals surface area contributed by atoms with Gasteiger partial charge in [0.1, 0.15) is 12.4 Å². The molecule has 0 spiro atoms. The molecule has 0 aliphatic heterocycles. The van der Waals surface area contributed by atoms with Crippen LogP contribution in [0.4, 0.5) is 13.2 Å². The van der Waals surface area contributed by atoms with Gasteiger partial charge in [0.05, 0.1) is 12.0 Å². The molecule has 0 heterocycles. The van der Waals surface area contributed by atoms with Crippen LogP contribution in [0.2, 0.25) is 0 Å². The maximum absolute atomic E-state index is 12.6. The molecule has 0 aliphatic rings. The van der Waals surface area contributed by atoms with E-state index in [1.165, 1.54) is 12.1 Å². The largest absolute Gasteiger partial charge is 0.489 e. The Bertz CT molecular complexity index is 666. The van der Waals surface area contributed by atoms with Crippen molar-refractivity contribution in [3.8, 4) is 5.75 Å². The number of carbonyl (C=O) groups is 1. The van der Waals surface area contributed by atoms with Gasteiger partial charge >= 0.3 is 12.1 Å². The monoisotopic (exact) mass is 310 g/mol. The molecule has 2 rings (SSSR count). The summed E-state index contributed by atoms with van der Waals surface area (Å²) in [5.41, 5.74) is 0.223. The molecule has 0 atom stereocenters. The summed E-state index contributed by atoms with van der Waals surface area (Å²) in [7, 11) is 0. The Morgan fingerprint density at radius 2 is 1.73 bits per heavy atom. The smallest absolute Gasteiger partial charge is 0.416 e. The fourth-order valence-electron chi connectivity index (χ4n) is 1.92. The molecule has 0 amide bonds. The lowest BCUT2D eigenvalue weighted by atomic mass is 10.1. The molecule has 1 N–H and O–H groups in total. The third kappa shape index (κ3) is 4.51. The highest BCUT2D eigenvalue weighted by Gasteiger charge is 2.30. The van der Waals surface area contributed by atoms with Gasteiger partial charge < -0.3 is 9.84 Å². The normalized spacial score (nSPS) is 11.2. The minimum Gasteiger partial charge on any atom is -0.489 e. The van der Waals surface area contributed by atoms with Crippen LogP contribution >= 0.6 is 0 Å². The van der Waals surface area contributed by atoms with Crippen molar-refractivity contribution < 1.29 is 27.8 Å². The van der Waals surface area contributed by atoms with Crippen molar-refractivity contribution in [2.45, 2.75) is 19.2 Å². The first-order valence-electron chi connectivity index (χ1n) is 6.44. The Balaban J connectivity index is 2.05. The summed E-state index contributed by atoms with van der Waals surface area (Å²) >= 11 is 0. The molecule has 22 heavy (non-hydrogen) atoms. The maximum atomic E-state index is 12.6. The summed E-state index contributed by atoms with van der Waals surface area (Å²) in [4.78, 5) is 10.6. The molecule has 0 saturated carbocycles. The zero-order valence-corrected chi connectivity index (χ0v) is 11.4. The summed E-state index contributed by atoms with van der Waals surface area (Å²) < 4.78 is 43.2. The van der Waals surface area contributed by atoms with Gasteiger partial charge in [-0.2, -0.15) is 13.2 Å². The first-order valence-corrected chi connectivity index (χ1v) is 6.44. The van der Waals surface area contributed by atoms with E-state index in [0.717, 1.165) is 12.1 Å². The summed E-state index contributed by atoms with van der Waals surface area (Å²) in [6.45, 7) is -0.0273. The molecule has 0 unspecified atom stereocenters. The Morgan fingerprint density at radius 3 is 2.41 bits per heavy atom. The Kier molecular flexibility index (Phi) is 4.70. The lowest BCUT2D eigenvalue weighted by molar-refractivity contribution is -0.138. The summed E-state index contributed by atoms with van der Waals surface area (Å²) in [6, 6.07) is 11.3. The third-order valence-corrected chi connectivity index (χ3v) is 2.91. The number of ether oxygens (including phenoxy) is 1. The first-order chi connectivity index (χ1) is 10.3. The van der Waals surface area contributed by atoms with Gasteiger partial charge in [0.25, 0.3) is 0 Å². The van der Waals surface area contributed by atoms with E-state index < -0.39 is 17.7 Å². The number of halogens is 3. The standard InChI is InChI=1S/C16H13F3O3/c17-16(18,19)13-5-1-4-12(7-13)10-22-14-6-2-3-11(8-14)9-15(20)21/h1-8H,9-10H2,(H,20,21). The lowest BCUT2D eigenvalue weighted by Gasteiger charge is -2.10. The molecule has 3 nitrogen and oxygen atoms in total. The van der Waals surface area contributed by atoms with Crippen LogP contribution in [0.1, 0.15) is 16.7 Å². The molecular formula is C16H13F3O3. The second-order valence-electron chi connectivity index (χ2n) is 4.70. The average Bonchev–Trinajstić information content (AvgIpc) is 2.44. The average molecular weight is 310 g/mol. The number of rotatable bonds is 5. The van der Waals surface area contributed by atoms with E-state index in [9.17, 15) is 18.0 Å². The summed E-state index contributed by atoms with van der Waals surface area (Å²) in [6.07, 6.45) is -4.53. The van der Waals surface area contributed by atoms with Crippen molar-refractivity contribution in [1.29, 1.82) is 0 Å². The highest BCUT2D eigenvalue weighted by Crippen LogP contribution is 2.29. The molecule has 0 aliphatic carbocycles. The minimum absolute atomic E-state index is 0.0273. The topological polar surface area (TPSA) is 46.5 Å². The van der Waals surface area contributed by atoms with Crippen LogP contribution < -0.4 is 4.74 Å². The molecule has 0 aromatic heterocycles. The van der Waals surface area contributed by atoms with Gasteiger partial charge in [-0.05, 0) is 35.4 Å². The van der Waals surface area contributed by atoms with E-state index in [-0.39, 0.29) is 13.0 Å². The Morgan fingerprint density at radius 1 is 1.05 bits per heavy atom. The SMILES string of the molecule is O=C(O)Cc1cccc(OCc2cccc(C(F)(F)F)c2)c1. The van der Waals surface area contributed by atoms with Gasteiger partial charge in [0.15, 0.2) is 0 Å². The van der Waals surface area contributed by atoms with E-state index >= 15 is 0 Å². The number of benzene rings is 2. The molecule has 0 fully saturated rings. The van der Waals surface area contributed by atoms with Crippen LogP contribution in [0.15, 0.2) is 48.5 Å². The van der Waals surface area contributed by atoms with Crippen LogP contribution in [0.25, 0.3) is 0 Å². The Labute approximate surface area is 125 Å². The first kappa shape index (κ1) is 15.9. The number of hydrogen-bond acceptors (Lipinski definition) is 2. The highest BCUT2D eigenvalue weighted by atomic mass is 19.4. The lowest BCUT2D eigenvalue weighted by Crippen LogP contribution is -2.06. The van der Waals surface area contributed by atoms with E-state index in [1.54, 1.807) is 24.3 Å². The van der Waals surface area contributed by atoms with Gasteiger partial charge in [-0.1, -0.05) is 24.3 Å². The van der Waals surface area contributed by atoms with Gasteiger partial charge in [0, 0.05) is 0 Å². The molecule has 2 aromatic rings. The third-order valence-electron chi connectivity index (χ3n) is 2.91. The fourth-order valence-corrected chi connectivity index (χ4v) is 1.92. The van der Waals surface area contributed by atoms with E-state index in [1.807, 2.05) is 0 Å². The van der Waals surface area contributed by atoms with E-state index in [2.05, 4.69) is 0 Å². The van der Waals surface area contributed by atoms with Gasteiger partial charge in [-0.15, -0.1) is 0 Å².